The Bertz CT molecular complexity index is 726. The Morgan fingerprint density at radius 1 is 1.25 bits per heavy atom. The van der Waals surface area contributed by atoms with E-state index in [0.29, 0.717) is 30.4 Å². The number of urea groups is 1. The van der Waals surface area contributed by atoms with Gasteiger partial charge in [0.2, 0.25) is 5.91 Å². The Kier molecular flexibility index (Phi) is 5.78. The molecule has 2 aromatic rings. The van der Waals surface area contributed by atoms with Crippen LogP contribution in [0.25, 0.3) is 0 Å². The lowest BCUT2D eigenvalue weighted by atomic mass is 10.3. The number of aryl methyl sites for hydroxylation is 2. The molecule has 3 N–H and O–H groups in total. The number of anilines is 2. The van der Waals surface area contributed by atoms with E-state index in [1.807, 2.05) is 6.92 Å². The van der Waals surface area contributed by atoms with Gasteiger partial charge in [0.25, 0.3) is 0 Å². The number of rotatable bonds is 6. The average Bonchev–Trinajstić information content (AvgIpc) is 2.81. The van der Waals surface area contributed by atoms with E-state index < -0.39 is 0 Å². The van der Waals surface area contributed by atoms with Gasteiger partial charge in [0.15, 0.2) is 0 Å². The second kappa shape index (κ2) is 8.00. The highest BCUT2D eigenvalue weighted by Crippen LogP contribution is 2.17. The SMILES string of the molecule is CC(=O)Nc1cccc(OCCNC(=O)Nc2cc(C)nn2C)c1. The molecule has 1 heterocycles. The highest BCUT2D eigenvalue weighted by atomic mass is 16.5. The van der Waals surface area contributed by atoms with E-state index in [1.165, 1.54) is 6.92 Å². The van der Waals surface area contributed by atoms with Crippen molar-refractivity contribution in [2.45, 2.75) is 13.8 Å². The van der Waals surface area contributed by atoms with Gasteiger partial charge in [-0.1, -0.05) is 6.07 Å². The minimum absolute atomic E-state index is 0.143. The first kappa shape index (κ1) is 17.3. The molecule has 0 aliphatic rings. The summed E-state index contributed by atoms with van der Waals surface area (Å²) >= 11 is 0. The van der Waals surface area contributed by atoms with Gasteiger partial charge in [-0.3, -0.25) is 14.8 Å². The summed E-state index contributed by atoms with van der Waals surface area (Å²) in [7, 11) is 1.76. The van der Waals surface area contributed by atoms with E-state index in [1.54, 1.807) is 42.1 Å². The third-order valence-corrected chi connectivity index (χ3v) is 3.05. The maximum Gasteiger partial charge on any atom is 0.320 e. The van der Waals surface area contributed by atoms with E-state index in [-0.39, 0.29) is 11.9 Å². The number of hydrogen-bond acceptors (Lipinski definition) is 4. The fraction of sp³-hybridized carbons (Fsp3) is 0.312. The highest BCUT2D eigenvalue weighted by Gasteiger charge is 2.06. The summed E-state index contributed by atoms with van der Waals surface area (Å²) in [5.74, 6) is 1.09. The molecule has 0 saturated carbocycles. The summed E-state index contributed by atoms with van der Waals surface area (Å²) in [4.78, 5) is 22.8. The molecule has 2 rings (SSSR count). The number of ether oxygens (including phenoxy) is 1. The maximum atomic E-state index is 11.8. The van der Waals surface area contributed by atoms with Crippen molar-refractivity contribution in [3.8, 4) is 5.75 Å². The van der Waals surface area contributed by atoms with Gasteiger partial charge in [0.05, 0.1) is 12.2 Å². The number of hydrogen-bond donors (Lipinski definition) is 3. The number of nitrogens with zero attached hydrogens (tertiary/aromatic N) is 2. The first-order chi connectivity index (χ1) is 11.4. The molecular formula is C16H21N5O3. The summed E-state index contributed by atoms with van der Waals surface area (Å²) in [6, 6.07) is 8.52. The molecule has 8 nitrogen and oxygen atoms in total. The molecule has 0 bridgehead atoms. The van der Waals surface area contributed by atoms with Gasteiger partial charge in [-0.05, 0) is 19.1 Å². The van der Waals surface area contributed by atoms with Gasteiger partial charge in [0.1, 0.15) is 18.2 Å². The maximum absolute atomic E-state index is 11.8. The summed E-state index contributed by atoms with van der Waals surface area (Å²) in [5, 5.41) is 12.2. The largest absolute Gasteiger partial charge is 0.492 e. The van der Waals surface area contributed by atoms with Crippen LogP contribution >= 0.6 is 0 Å². The predicted molar refractivity (Wildman–Crippen MR) is 91.2 cm³/mol. The third kappa shape index (κ3) is 5.31. The van der Waals surface area contributed by atoms with Crippen molar-refractivity contribution in [2.75, 3.05) is 23.8 Å². The second-order valence-electron chi connectivity index (χ2n) is 5.23. The Morgan fingerprint density at radius 2 is 2.04 bits per heavy atom. The third-order valence-electron chi connectivity index (χ3n) is 3.05. The van der Waals surface area contributed by atoms with Gasteiger partial charge in [-0.2, -0.15) is 5.10 Å². The molecule has 0 radical (unpaired) electrons. The van der Waals surface area contributed by atoms with Crippen LogP contribution in [0.2, 0.25) is 0 Å². The van der Waals surface area contributed by atoms with Crippen LogP contribution in [0.15, 0.2) is 30.3 Å². The quantitative estimate of drug-likeness (QED) is 0.704. The topological polar surface area (TPSA) is 97.3 Å². The van der Waals surface area contributed by atoms with Crippen molar-refractivity contribution in [2.24, 2.45) is 7.05 Å². The summed E-state index contributed by atoms with van der Waals surface area (Å²) in [5.41, 5.74) is 1.49. The smallest absolute Gasteiger partial charge is 0.320 e. The van der Waals surface area contributed by atoms with E-state index in [9.17, 15) is 9.59 Å². The fourth-order valence-electron chi connectivity index (χ4n) is 2.09. The Balaban J connectivity index is 1.73. The Labute approximate surface area is 140 Å². The molecule has 24 heavy (non-hydrogen) atoms. The standard InChI is InChI=1S/C16H21N5O3/c1-11-9-15(21(3)20-11)19-16(23)17-7-8-24-14-6-4-5-13(10-14)18-12(2)22/h4-6,9-10H,7-8H2,1-3H3,(H,18,22)(H2,17,19,23). The van der Waals surface area contributed by atoms with Gasteiger partial charge in [0, 0.05) is 31.8 Å². The van der Waals surface area contributed by atoms with Gasteiger partial charge >= 0.3 is 6.03 Å². The summed E-state index contributed by atoms with van der Waals surface area (Å²) in [6.07, 6.45) is 0. The average molecular weight is 331 g/mol. The molecule has 1 aromatic carbocycles. The van der Waals surface area contributed by atoms with Gasteiger partial charge in [-0.25, -0.2) is 4.79 Å². The lowest BCUT2D eigenvalue weighted by Gasteiger charge is -2.10. The van der Waals surface area contributed by atoms with Gasteiger partial charge < -0.3 is 15.4 Å². The molecule has 0 spiro atoms. The minimum atomic E-state index is -0.325. The van der Waals surface area contributed by atoms with Crippen LogP contribution in [-0.2, 0) is 11.8 Å². The number of nitrogens with one attached hydrogen (secondary N) is 3. The number of aromatic nitrogens is 2. The van der Waals surface area contributed by atoms with E-state index in [0.717, 1.165) is 5.69 Å². The lowest BCUT2D eigenvalue weighted by molar-refractivity contribution is -0.114. The summed E-state index contributed by atoms with van der Waals surface area (Å²) in [6.45, 7) is 3.94. The number of benzene rings is 1. The molecule has 0 saturated heterocycles. The zero-order valence-corrected chi connectivity index (χ0v) is 13.9. The number of carbonyl (C=O) groups excluding carboxylic acids is 2. The molecule has 0 unspecified atom stereocenters. The monoisotopic (exact) mass is 331 g/mol. The zero-order chi connectivity index (χ0) is 17.5. The van der Waals surface area contributed by atoms with E-state index >= 15 is 0 Å². The first-order valence-corrected chi connectivity index (χ1v) is 7.50. The lowest BCUT2D eigenvalue weighted by Crippen LogP contribution is -2.32. The van der Waals surface area contributed by atoms with Crippen molar-refractivity contribution in [1.82, 2.24) is 15.1 Å². The predicted octanol–water partition coefficient (Wildman–Crippen LogP) is 1.89. The minimum Gasteiger partial charge on any atom is -0.492 e. The van der Waals surface area contributed by atoms with Crippen LogP contribution in [0.4, 0.5) is 16.3 Å². The molecular weight excluding hydrogens is 310 g/mol. The first-order valence-electron chi connectivity index (χ1n) is 7.50. The highest BCUT2D eigenvalue weighted by molar-refractivity contribution is 5.89. The van der Waals surface area contributed by atoms with Crippen LogP contribution in [-0.4, -0.2) is 34.9 Å². The number of carbonyl (C=O) groups is 2. The van der Waals surface area contributed by atoms with Crippen molar-refractivity contribution in [1.29, 1.82) is 0 Å². The zero-order valence-electron chi connectivity index (χ0n) is 13.9. The van der Waals surface area contributed by atoms with Crippen LogP contribution in [0.1, 0.15) is 12.6 Å². The van der Waals surface area contributed by atoms with Crippen molar-refractivity contribution >= 4 is 23.4 Å². The Morgan fingerprint density at radius 3 is 2.71 bits per heavy atom. The molecule has 1 aromatic heterocycles. The van der Waals surface area contributed by atoms with Crippen LogP contribution in [0.3, 0.4) is 0 Å². The van der Waals surface area contributed by atoms with Crippen molar-refractivity contribution in [3.63, 3.8) is 0 Å². The summed E-state index contributed by atoms with van der Waals surface area (Å²) < 4.78 is 7.14. The van der Waals surface area contributed by atoms with E-state index in [2.05, 4.69) is 21.0 Å². The normalized spacial score (nSPS) is 10.1. The molecule has 3 amide bonds. The second-order valence-corrected chi connectivity index (χ2v) is 5.23. The van der Waals surface area contributed by atoms with Crippen LogP contribution in [0, 0.1) is 6.92 Å². The van der Waals surface area contributed by atoms with E-state index in [4.69, 9.17) is 4.74 Å². The van der Waals surface area contributed by atoms with Crippen LogP contribution < -0.4 is 20.7 Å². The Hall–Kier alpha value is -3.03. The molecule has 0 aliphatic heterocycles. The molecule has 0 atom stereocenters. The molecule has 0 fully saturated rings. The molecule has 128 valence electrons. The van der Waals surface area contributed by atoms with Crippen molar-refractivity contribution < 1.29 is 14.3 Å². The molecule has 0 aliphatic carbocycles. The number of amides is 3. The van der Waals surface area contributed by atoms with Gasteiger partial charge in [-0.15, -0.1) is 0 Å². The fourth-order valence-corrected chi connectivity index (χ4v) is 2.09. The molecule has 8 heteroatoms. The van der Waals surface area contributed by atoms with Crippen molar-refractivity contribution in [3.05, 3.63) is 36.0 Å². The van der Waals surface area contributed by atoms with Crippen LogP contribution in [0.5, 0.6) is 5.75 Å².